The van der Waals surface area contributed by atoms with Crippen LogP contribution in [0.3, 0.4) is 0 Å². The van der Waals surface area contributed by atoms with E-state index in [1.807, 2.05) is 137 Å². The number of nitrogens with zero attached hydrogens (tertiary/aromatic N) is 2. The van der Waals surface area contributed by atoms with Gasteiger partial charge in [0.1, 0.15) is 0 Å². The first-order valence-corrected chi connectivity index (χ1v) is 25.2. The summed E-state index contributed by atoms with van der Waals surface area (Å²) in [5.74, 6) is 0. The van der Waals surface area contributed by atoms with Gasteiger partial charge >= 0.3 is 0 Å². The highest BCUT2D eigenvalue weighted by molar-refractivity contribution is 9.10. The molecule has 0 bridgehead atoms. The van der Waals surface area contributed by atoms with Gasteiger partial charge in [0, 0.05) is 53.9 Å². The summed E-state index contributed by atoms with van der Waals surface area (Å²) in [7, 11) is 0. The van der Waals surface area contributed by atoms with Gasteiger partial charge in [0.05, 0.1) is 22.3 Å². The van der Waals surface area contributed by atoms with Crippen LogP contribution in [-0.2, 0) is 16.2 Å². The summed E-state index contributed by atoms with van der Waals surface area (Å²) in [6.45, 7) is 19.4. The van der Waals surface area contributed by atoms with Crippen molar-refractivity contribution in [2.45, 2.75) is 78.6 Å². The van der Waals surface area contributed by atoms with Crippen LogP contribution in [0.15, 0.2) is 221 Å². The second kappa shape index (κ2) is 19.7. The first-order chi connectivity index (χ1) is 36.8. The molecule has 0 aliphatic rings. The molecule has 0 saturated heterocycles. The molecule has 9 aromatic rings. The number of benzene rings is 9. The first kappa shape index (κ1) is 39.3. The summed E-state index contributed by atoms with van der Waals surface area (Å²) in [6, 6.07) is 52.7. The zero-order valence-corrected chi connectivity index (χ0v) is 44.4. The second-order valence-corrected chi connectivity index (χ2v) is 22.4. The number of hydrogen-bond acceptors (Lipinski definition) is 2. The molecule has 0 saturated carbocycles. The predicted octanol–water partition coefficient (Wildman–Crippen LogP) is 20.7. The normalized spacial score (nSPS) is 13.5. The van der Waals surface area contributed by atoms with Crippen molar-refractivity contribution in [3.05, 3.63) is 238 Å². The molecule has 9 rings (SSSR count). The maximum atomic E-state index is 10.0. The van der Waals surface area contributed by atoms with E-state index < -0.39 is 5.41 Å². The van der Waals surface area contributed by atoms with Gasteiger partial charge in [0.15, 0.2) is 0 Å². The van der Waals surface area contributed by atoms with Crippen LogP contribution in [0.25, 0.3) is 44.5 Å². The minimum atomic E-state index is -0.594. The summed E-state index contributed by atoms with van der Waals surface area (Å²) < 4.78 is 76.6. The lowest BCUT2D eigenvalue weighted by atomic mass is 9.81. The lowest BCUT2D eigenvalue weighted by molar-refractivity contribution is 0.590. The Kier molecular flexibility index (Phi) is 11.1. The van der Waals surface area contributed by atoms with Gasteiger partial charge in [0.25, 0.3) is 0 Å². The standard InChI is InChI=1S/C66H62Br2N2/c1-64(2,3)49-36-56(69(54-34-22-32-52(67)42-54)62-58(45-24-14-10-15-25-45)38-50(65(4,5)6)39-59(62)46-26-16-11-17-27-46)44-57(37-49)70(55-35-23-33-53(68)43-55)63-60(47-28-18-12-19-29-47)40-51(66(7,8)9)41-61(63)48-30-20-13-21-31-48/h10-44H,1-9H3/i22D,23D,32D,33D,34D,35D,42D,43D. The monoisotopic (exact) mass is 1050 g/mol. The third-order valence-corrected chi connectivity index (χ3v) is 13.4. The fraction of sp³-hybridized carbons (Fsp3) is 0.182. The van der Waals surface area contributed by atoms with E-state index >= 15 is 0 Å². The zero-order chi connectivity index (χ0) is 56.3. The SMILES string of the molecule is [2H]c1c([2H])c(Br)c([2H])c(N(c2cc(N(c3c(-c4ccccc4)cc(C(C)(C)C)cc3-c3ccccc3)c3c([2H])c([2H])c([2H])c(Br)c3[2H])cc(C(C)(C)C)c2)c2c(-c3ccccc3)cc(C(C)(C)C)cc2-c2ccccc2)c1[2H]. The number of anilines is 6. The molecule has 0 unspecified atom stereocenters. The van der Waals surface area contributed by atoms with Crippen LogP contribution in [0.5, 0.6) is 0 Å². The van der Waals surface area contributed by atoms with E-state index in [1.165, 1.54) is 0 Å². The largest absolute Gasteiger partial charge is 0.309 e. The van der Waals surface area contributed by atoms with Crippen molar-refractivity contribution in [1.29, 1.82) is 0 Å². The van der Waals surface area contributed by atoms with E-state index in [9.17, 15) is 8.22 Å². The molecule has 0 N–H and O–H groups in total. The van der Waals surface area contributed by atoms with Crippen molar-refractivity contribution in [3.63, 3.8) is 0 Å². The number of halogens is 2. The molecule has 2 nitrogen and oxygen atoms in total. The highest BCUT2D eigenvalue weighted by atomic mass is 79.9. The topological polar surface area (TPSA) is 6.48 Å². The molecule has 4 heteroatoms. The van der Waals surface area contributed by atoms with Gasteiger partial charge in [-0.25, -0.2) is 0 Å². The van der Waals surface area contributed by atoms with Gasteiger partial charge in [-0.3, -0.25) is 0 Å². The van der Waals surface area contributed by atoms with Crippen LogP contribution < -0.4 is 9.80 Å². The van der Waals surface area contributed by atoms with Gasteiger partial charge in [-0.2, -0.15) is 0 Å². The third-order valence-electron chi connectivity index (χ3n) is 12.6. The number of rotatable bonds is 10. The molecule has 0 heterocycles. The minimum Gasteiger partial charge on any atom is -0.309 e. The van der Waals surface area contributed by atoms with E-state index in [2.05, 4.69) is 131 Å². The van der Waals surface area contributed by atoms with Crippen molar-refractivity contribution in [1.82, 2.24) is 0 Å². The van der Waals surface area contributed by atoms with Gasteiger partial charge in [-0.05, 0) is 134 Å². The van der Waals surface area contributed by atoms with E-state index in [4.69, 9.17) is 2.74 Å². The van der Waals surface area contributed by atoms with Crippen molar-refractivity contribution >= 4 is 66.0 Å². The maximum absolute atomic E-state index is 10.0. The van der Waals surface area contributed by atoms with Crippen molar-refractivity contribution < 1.29 is 11.0 Å². The summed E-state index contributed by atoms with van der Waals surface area (Å²) in [4.78, 5) is 3.81. The summed E-state index contributed by atoms with van der Waals surface area (Å²) in [5.41, 5.74) is 10.6. The molecule has 0 amide bonds. The van der Waals surface area contributed by atoms with Crippen LogP contribution in [0.1, 0.15) is 90.0 Å². The molecule has 9 aromatic carbocycles. The molecule has 70 heavy (non-hydrogen) atoms. The summed E-state index contributed by atoms with van der Waals surface area (Å²) in [6.07, 6.45) is 0. The lowest BCUT2D eigenvalue weighted by Crippen LogP contribution is -2.20. The molecular weight excluding hydrogens is 981 g/mol. The third kappa shape index (κ3) is 10.4. The molecule has 0 aromatic heterocycles. The Hall–Kier alpha value is -6.46. The molecule has 350 valence electrons. The van der Waals surface area contributed by atoms with Gasteiger partial charge in [-0.1, -0.05) is 228 Å². The first-order valence-electron chi connectivity index (χ1n) is 27.7. The highest BCUT2D eigenvalue weighted by Gasteiger charge is 2.31. The average molecular weight is 1050 g/mol. The highest BCUT2D eigenvalue weighted by Crippen LogP contribution is 2.53. The molecular formula is C66H62Br2N2. The Bertz CT molecular complexity index is 3320. The van der Waals surface area contributed by atoms with Crippen molar-refractivity contribution in [2.24, 2.45) is 0 Å². The van der Waals surface area contributed by atoms with Gasteiger partial charge in [0.2, 0.25) is 0 Å². The van der Waals surface area contributed by atoms with Crippen molar-refractivity contribution in [3.8, 4) is 44.5 Å². The summed E-state index contributed by atoms with van der Waals surface area (Å²) >= 11 is 7.12. The Morgan fingerprint density at radius 1 is 0.343 bits per heavy atom. The van der Waals surface area contributed by atoms with E-state index in [0.29, 0.717) is 22.7 Å². The Labute approximate surface area is 445 Å². The molecule has 0 fully saturated rings. The Balaban J connectivity index is 1.56. The van der Waals surface area contributed by atoms with Crippen LogP contribution in [0, 0.1) is 0 Å². The maximum Gasteiger partial charge on any atom is 0.0657 e. The van der Waals surface area contributed by atoms with Crippen LogP contribution in [0.4, 0.5) is 34.1 Å². The molecule has 0 aliphatic heterocycles. The molecule has 0 aliphatic carbocycles. The Morgan fingerprint density at radius 3 is 0.886 bits per heavy atom. The fourth-order valence-corrected chi connectivity index (χ4v) is 9.42. The average Bonchev–Trinajstić information content (AvgIpc) is 3.63. The predicted molar refractivity (Wildman–Crippen MR) is 309 cm³/mol. The van der Waals surface area contributed by atoms with Crippen LogP contribution >= 0.6 is 31.9 Å². The molecule has 0 spiro atoms. The fourth-order valence-electron chi connectivity index (χ4n) is 8.84. The second-order valence-electron chi connectivity index (χ2n) is 20.8. The lowest BCUT2D eigenvalue weighted by Gasteiger charge is -2.36. The van der Waals surface area contributed by atoms with Gasteiger partial charge < -0.3 is 9.80 Å². The minimum absolute atomic E-state index is 0.0610. The van der Waals surface area contributed by atoms with E-state index in [-0.39, 0.29) is 79.5 Å². The van der Waals surface area contributed by atoms with Crippen molar-refractivity contribution in [2.75, 3.05) is 9.80 Å². The molecule has 0 radical (unpaired) electrons. The quantitative estimate of drug-likeness (QED) is 0.135. The van der Waals surface area contributed by atoms with Crippen LogP contribution in [0.2, 0.25) is 0 Å². The van der Waals surface area contributed by atoms with Crippen LogP contribution in [-0.4, -0.2) is 0 Å². The smallest absolute Gasteiger partial charge is 0.0657 e. The van der Waals surface area contributed by atoms with E-state index in [0.717, 1.165) is 61.2 Å². The Morgan fingerprint density at radius 2 is 0.614 bits per heavy atom. The zero-order valence-electron chi connectivity index (χ0n) is 49.2. The number of hydrogen-bond donors (Lipinski definition) is 0. The van der Waals surface area contributed by atoms with Gasteiger partial charge in [-0.15, -0.1) is 0 Å². The summed E-state index contributed by atoms with van der Waals surface area (Å²) in [5, 5.41) is 0. The van der Waals surface area contributed by atoms with E-state index in [1.54, 1.807) is 0 Å². The molecule has 0 atom stereocenters.